The summed E-state index contributed by atoms with van der Waals surface area (Å²) in [5.41, 5.74) is 5.56. The Morgan fingerprint density at radius 2 is 1.14 bits per heavy atom. The van der Waals surface area contributed by atoms with E-state index in [1.807, 2.05) is 76.2 Å². The number of nitrogens with one attached hydrogen (secondary N) is 5. The molecule has 2 aromatic carbocycles. The minimum absolute atomic E-state index is 0.00169. The molecule has 4 rings (SSSR count). The van der Waals surface area contributed by atoms with E-state index in [0.717, 1.165) is 40.0 Å². The predicted molar refractivity (Wildman–Crippen MR) is 211 cm³/mol. The van der Waals surface area contributed by atoms with Gasteiger partial charge in [0.05, 0.1) is 50.1 Å². The van der Waals surface area contributed by atoms with Gasteiger partial charge in [-0.1, -0.05) is 76.2 Å². The van der Waals surface area contributed by atoms with Crippen LogP contribution in [-0.4, -0.2) is 98.0 Å². The average Bonchev–Trinajstić information content (AvgIpc) is 3.90. The zero-order chi connectivity index (χ0) is 40.6. The Kier molecular flexibility index (Phi) is 16.6. The van der Waals surface area contributed by atoms with Gasteiger partial charge in [0.15, 0.2) is 0 Å². The number of alkyl carbamates (subject to hydrolysis) is 1. The molecule has 4 atom stereocenters. The number of carbonyl (C=O) groups excluding carboxylic acids is 3. The smallest absolute Gasteiger partial charge is 0.407 e. The number of aromatic nitrogens is 4. The fourth-order valence-electron chi connectivity index (χ4n) is 5.92. The van der Waals surface area contributed by atoms with Crippen LogP contribution in [0.15, 0.2) is 65.9 Å². The lowest BCUT2D eigenvalue weighted by molar-refractivity contribution is -0.188. The maximum Gasteiger partial charge on any atom is 0.407 e. The summed E-state index contributed by atoms with van der Waals surface area (Å²) in [5.74, 6) is 0.639. The summed E-state index contributed by atoms with van der Waals surface area (Å²) in [6.07, 6.45) is 4.57. The molecule has 0 spiro atoms. The number of methoxy groups -OCH3 is 3. The zero-order valence-electron chi connectivity index (χ0n) is 33.3. The van der Waals surface area contributed by atoms with Crippen molar-refractivity contribution in [3.63, 3.8) is 0 Å². The number of imidazole rings is 2. The van der Waals surface area contributed by atoms with Gasteiger partial charge in [-0.2, -0.15) is 4.89 Å². The van der Waals surface area contributed by atoms with E-state index in [9.17, 15) is 14.4 Å². The number of hydrogen-bond donors (Lipinski definition) is 5. The number of aliphatic imine (C=N–C) groups is 1. The Morgan fingerprint density at radius 3 is 1.59 bits per heavy atom. The number of hydrogen-bond acceptors (Lipinski definition) is 11. The van der Waals surface area contributed by atoms with Gasteiger partial charge in [-0.25, -0.2) is 19.8 Å². The highest BCUT2D eigenvalue weighted by atomic mass is 17.2. The van der Waals surface area contributed by atoms with Crippen LogP contribution in [-0.2, 0) is 33.6 Å². The van der Waals surface area contributed by atoms with Gasteiger partial charge in [0.25, 0.3) is 0 Å². The normalized spacial score (nSPS) is 13.7. The number of H-pyrrole nitrogens is 2. The van der Waals surface area contributed by atoms with Crippen LogP contribution in [0.4, 0.5) is 4.79 Å². The van der Waals surface area contributed by atoms with Crippen molar-refractivity contribution in [2.45, 2.75) is 64.7 Å². The SMILES string of the molecule is COCC[C@H](N=COOC)C(=O)N[C@H](c1ncc(-c2ccc(-c3ccc(-c4cnc([C@@H](NC(=O)[C@H](CCOC)NC(=O)OC)C(C)C)[nH]4)cc3)cc2)[nH]1)C(C)C. The Bertz CT molecular complexity index is 1860. The van der Waals surface area contributed by atoms with Crippen molar-refractivity contribution in [3.05, 3.63) is 72.6 Å². The van der Waals surface area contributed by atoms with E-state index in [4.69, 9.17) is 19.1 Å². The molecule has 302 valence electrons. The van der Waals surface area contributed by atoms with E-state index in [1.165, 1.54) is 21.3 Å². The number of benzene rings is 2. The van der Waals surface area contributed by atoms with Gasteiger partial charge in [0.2, 0.25) is 18.2 Å². The van der Waals surface area contributed by atoms with E-state index >= 15 is 0 Å². The number of aromatic amines is 2. The average molecular weight is 775 g/mol. The molecule has 0 aliphatic heterocycles. The number of carbonyl (C=O) groups is 3. The first-order valence-electron chi connectivity index (χ1n) is 18.4. The lowest BCUT2D eigenvalue weighted by atomic mass is 10.0. The predicted octanol–water partition coefficient (Wildman–Crippen LogP) is 5.53. The molecule has 3 amide bonds. The van der Waals surface area contributed by atoms with Crippen LogP contribution in [0.2, 0.25) is 0 Å². The first-order chi connectivity index (χ1) is 27.0. The van der Waals surface area contributed by atoms with Crippen LogP contribution < -0.4 is 16.0 Å². The Balaban J connectivity index is 1.43. The van der Waals surface area contributed by atoms with Gasteiger partial charge in [-0.3, -0.25) is 9.59 Å². The first-order valence-corrected chi connectivity index (χ1v) is 18.4. The number of nitrogens with zero attached hydrogens (tertiary/aromatic N) is 3. The number of rotatable bonds is 21. The summed E-state index contributed by atoms with van der Waals surface area (Å²) < 4.78 is 15.0. The van der Waals surface area contributed by atoms with Gasteiger partial charge in [0.1, 0.15) is 23.7 Å². The number of ether oxygens (including phenoxy) is 3. The maximum absolute atomic E-state index is 13.2. The van der Waals surface area contributed by atoms with Crippen molar-refractivity contribution in [2.75, 3.05) is 41.7 Å². The molecule has 4 aromatic rings. The summed E-state index contributed by atoms with van der Waals surface area (Å²) in [6, 6.07) is 13.9. The maximum atomic E-state index is 13.2. The van der Waals surface area contributed by atoms with Crippen LogP contribution in [0.1, 0.15) is 64.3 Å². The molecule has 16 heteroatoms. The Labute approximate surface area is 327 Å². The van der Waals surface area contributed by atoms with Crippen LogP contribution in [0.3, 0.4) is 0 Å². The Morgan fingerprint density at radius 1 is 0.679 bits per heavy atom. The molecule has 16 nitrogen and oxygen atoms in total. The van der Waals surface area contributed by atoms with Crippen LogP contribution in [0.25, 0.3) is 33.6 Å². The van der Waals surface area contributed by atoms with Gasteiger partial charge in [-0.05, 0) is 34.1 Å². The topological polar surface area (TPSA) is 203 Å². The highest BCUT2D eigenvalue weighted by Crippen LogP contribution is 2.29. The first kappa shape index (κ1) is 43.2. The van der Waals surface area contributed by atoms with Gasteiger partial charge >= 0.3 is 6.09 Å². The highest BCUT2D eigenvalue weighted by molar-refractivity contribution is 5.86. The fourth-order valence-corrected chi connectivity index (χ4v) is 5.92. The highest BCUT2D eigenvalue weighted by Gasteiger charge is 2.28. The number of amides is 3. The molecule has 0 fully saturated rings. The molecule has 5 N–H and O–H groups in total. The summed E-state index contributed by atoms with van der Waals surface area (Å²) >= 11 is 0. The molecule has 0 unspecified atom stereocenters. The third-order valence-electron chi connectivity index (χ3n) is 9.12. The van der Waals surface area contributed by atoms with Crippen molar-refractivity contribution < 1.29 is 38.4 Å². The molecule has 0 bridgehead atoms. The summed E-state index contributed by atoms with van der Waals surface area (Å²) in [5, 5.41) is 8.67. The van der Waals surface area contributed by atoms with E-state index in [1.54, 1.807) is 19.5 Å². The molecule has 0 saturated carbocycles. The summed E-state index contributed by atoms with van der Waals surface area (Å²) in [7, 11) is 5.70. The van der Waals surface area contributed by atoms with Crippen LogP contribution in [0, 0.1) is 11.8 Å². The Hall–Kier alpha value is -5.58. The van der Waals surface area contributed by atoms with E-state index < -0.39 is 24.2 Å². The van der Waals surface area contributed by atoms with Gasteiger partial charge in [-0.15, -0.1) is 0 Å². The minimum Gasteiger partial charge on any atom is -0.453 e. The third kappa shape index (κ3) is 12.0. The third-order valence-corrected chi connectivity index (χ3v) is 9.12. The fraction of sp³-hybridized carbons (Fsp3) is 0.450. The second kappa shape index (κ2) is 21.5. The minimum atomic E-state index is -0.831. The lowest BCUT2D eigenvalue weighted by Gasteiger charge is -2.24. The quantitative estimate of drug-likeness (QED) is 0.0310. The van der Waals surface area contributed by atoms with E-state index in [0.29, 0.717) is 24.7 Å². The van der Waals surface area contributed by atoms with Crippen molar-refractivity contribution in [1.82, 2.24) is 35.9 Å². The van der Waals surface area contributed by atoms with E-state index in [-0.39, 0.29) is 42.7 Å². The molecule has 0 aliphatic rings. The van der Waals surface area contributed by atoms with Crippen molar-refractivity contribution in [3.8, 4) is 33.6 Å². The molecule has 0 saturated heterocycles. The largest absolute Gasteiger partial charge is 0.453 e. The second-order valence-corrected chi connectivity index (χ2v) is 13.8. The van der Waals surface area contributed by atoms with Crippen molar-refractivity contribution in [2.24, 2.45) is 16.8 Å². The molecule has 0 radical (unpaired) electrons. The molecular weight excluding hydrogens is 720 g/mol. The van der Waals surface area contributed by atoms with Gasteiger partial charge in [0, 0.05) is 40.3 Å². The molecular formula is C40H54N8O8. The summed E-state index contributed by atoms with van der Waals surface area (Å²) in [4.78, 5) is 67.7. The molecule has 2 aromatic heterocycles. The van der Waals surface area contributed by atoms with Crippen molar-refractivity contribution >= 4 is 24.3 Å². The summed E-state index contributed by atoms with van der Waals surface area (Å²) in [6.45, 7) is 8.63. The van der Waals surface area contributed by atoms with E-state index in [2.05, 4.69) is 45.8 Å². The second-order valence-electron chi connectivity index (χ2n) is 13.8. The monoisotopic (exact) mass is 774 g/mol. The molecule has 0 aliphatic carbocycles. The van der Waals surface area contributed by atoms with Crippen LogP contribution >= 0.6 is 0 Å². The van der Waals surface area contributed by atoms with Crippen LogP contribution in [0.5, 0.6) is 0 Å². The lowest BCUT2D eigenvalue weighted by Crippen LogP contribution is -2.49. The molecule has 56 heavy (non-hydrogen) atoms. The molecule has 2 heterocycles. The zero-order valence-corrected chi connectivity index (χ0v) is 33.3. The van der Waals surface area contributed by atoms with Crippen molar-refractivity contribution in [1.29, 1.82) is 0 Å². The van der Waals surface area contributed by atoms with Gasteiger partial charge < -0.3 is 45.0 Å². The standard InChI is InChI=1S/C40H54N8O8/c1-24(2)34(47-38(49)30(17-19-52-5)43-23-56-55-8)36-41-21-32(44-36)28-13-9-26(10-14-28)27-11-15-29(16-12-27)33-22-42-37(45-33)35(25(3)4)48-39(50)31(18-20-53-6)46-40(51)54-7/h9-16,21-25,30-31,34-35H,17-20H2,1-8H3,(H,41,44)(H,42,45)(H,46,51)(H,47,49)(H,48,50)/t30-,31-,34-,35-/m0/s1.